The molecule has 27 heavy (non-hydrogen) atoms. The van der Waals surface area contributed by atoms with E-state index in [4.69, 9.17) is 40.5 Å². The summed E-state index contributed by atoms with van der Waals surface area (Å²) < 4.78 is 42.5. The highest BCUT2D eigenvalue weighted by Crippen LogP contribution is 2.50. The summed E-state index contributed by atoms with van der Waals surface area (Å²) in [5.74, 6) is 0.488. The minimum atomic E-state index is -4.49. The Kier molecular flexibility index (Phi) is 5.56. The van der Waals surface area contributed by atoms with Gasteiger partial charge in [-0.25, -0.2) is 4.98 Å². The Morgan fingerprint density at radius 1 is 1.19 bits per heavy atom. The van der Waals surface area contributed by atoms with Gasteiger partial charge in [0.25, 0.3) is 0 Å². The van der Waals surface area contributed by atoms with E-state index < -0.39 is 11.6 Å². The lowest BCUT2D eigenvalue weighted by atomic mass is 9.79. The second-order valence-corrected chi connectivity index (χ2v) is 7.82. The lowest BCUT2D eigenvalue weighted by Crippen LogP contribution is -2.45. The highest BCUT2D eigenvalue weighted by atomic mass is 35.5. The highest BCUT2D eigenvalue weighted by molar-refractivity contribution is 6.48. The van der Waals surface area contributed by atoms with Crippen LogP contribution in [0, 0.1) is 6.92 Å². The van der Waals surface area contributed by atoms with Gasteiger partial charge in [0.05, 0.1) is 15.1 Å². The van der Waals surface area contributed by atoms with Crippen molar-refractivity contribution < 1.29 is 13.2 Å². The molecule has 0 saturated carbocycles. The van der Waals surface area contributed by atoms with Crippen LogP contribution in [0.3, 0.4) is 0 Å². The Balaban J connectivity index is 2.02. The summed E-state index contributed by atoms with van der Waals surface area (Å²) in [5, 5.41) is 0.0499. The zero-order valence-electron chi connectivity index (χ0n) is 14.4. The number of aryl methyl sites for hydroxylation is 1. The van der Waals surface area contributed by atoms with Gasteiger partial charge in [-0.15, -0.1) is 0 Å². The van der Waals surface area contributed by atoms with Crippen LogP contribution in [0.5, 0.6) is 0 Å². The predicted molar refractivity (Wildman–Crippen MR) is 103 cm³/mol. The van der Waals surface area contributed by atoms with Gasteiger partial charge < -0.3 is 10.6 Å². The molecule has 1 fully saturated rings. The number of hydrogen-bond donors (Lipinski definition) is 1. The zero-order chi connectivity index (χ0) is 20.0. The van der Waals surface area contributed by atoms with Crippen LogP contribution in [0.15, 0.2) is 24.3 Å². The third-order valence-electron chi connectivity index (χ3n) is 5.07. The molecule has 1 aromatic carbocycles. The number of hydrogen-bond acceptors (Lipinski definition) is 3. The predicted octanol–water partition coefficient (Wildman–Crippen LogP) is 5.52. The molecule has 0 spiro atoms. The summed E-state index contributed by atoms with van der Waals surface area (Å²) in [6.45, 7) is 2.04. The molecule has 0 bridgehead atoms. The zero-order valence-corrected chi connectivity index (χ0v) is 16.6. The maximum absolute atomic E-state index is 14.2. The number of anilines is 1. The van der Waals surface area contributed by atoms with Crippen LogP contribution in [0.25, 0.3) is 0 Å². The van der Waals surface area contributed by atoms with E-state index in [9.17, 15) is 13.2 Å². The van der Waals surface area contributed by atoms with Gasteiger partial charge >= 0.3 is 6.18 Å². The van der Waals surface area contributed by atoms with Crippen LogP contribution < -0.4 is 10.6 Å². The summed E-state index contributed by atoms with van der Waals surface area (Å²) >= 11 is 17.9. The molecule has 1 aliphatic heterocycles. The third-order valence-corrected chi connectivity index (χ3v) is 6.27. The Morgan fingerprint density at radius 3 is 2.33 bits per heavy atom. The van der Waals surface area contributed by atoms with Gasteiger partial charge in [0.1, 0.15) is 11.2 Å². The first-order valence-corrected chi connectivity index (χ1v) is 9.36. The molecule has 1 saturated heterocycles. The molecule has 9 heteroatoms. The number of alkyl halides is 3. The summed E-state index contributed by atoms with van der Waals surface area (Å²) in [7, 11) is 0. The highest BCUT2D eigenvalue weighted by Gasteiger charge is 2.59. The third kappa shape index (κ3) is 3.60. The standard InChI is InChI=1S/C18H17Cl3F3N3/c1-10-11(8-25)2-3-15(26-10)27-5-4-17(9-27,18(22,23)24)12-6-13(19)16(21)14(20)7-12/h2-3,6-7H,4-5,8-9,25H2,1H3. The molecule has 146 valence electrons. The van der Waals surface area contributed by atoms with E-state index in [1.807, 2.05) is 0 Å². The number of nitrogens with two attached hydrogens (primary N) is 1. The lowest BCUT2D eigenvalue weighted by Gasteiger charge is -2.33. The van der Waals surface area contributed by atoms with E-state index in [1.165, 1.54) is 12.1 Å². The summed E-state index contributed by atoms with van der Waals surface area (Å²) in [5.41, 5.74) is 5.10. The smallest absolute Gasteiger partial charge is 0.355 e. The summed E-state index contributed by atoms with van der Waals surface area (Å²) in [6.07, 6.45) is -4.63. The first-order valence-electron chi connectivity index (χ1n) is 8.22. The number of pyridine rings is 1. The first kappa shape index (κ1) is 20.5. The number of nitrogens with zero attached hydrogens (tertiary/aromatic N) is 2. The van der Waals surface area contributed by atoms with Crippen molar-refractivity contribution in [3.05, 3.63) is 56.2 Å². The summed E-state index contributed by atoms with van der Waals surface area (Å²) in [6, 6.07) is 6.00. The van der Waals surface area contributed by atoms with Crippen molar-refractivity contribution in [3.63, 3.8) is 0 Å². The van der Waals surface area contributed by atoms with E-state index in [-0.39, 0.29) is 40.1 Å². The second kappa shape index (κ2) is 7.32. The van der Waals surface area contributed by atoms with Crippen LogP contribution in [0.2, 0.25) is 15.1 Å². The number of aromatic nitrogens is 1. The van der Waals surface area contributed by atoms with Crippen molar-refractivity contribution in [2.24, 2.45) is 5.73 Å². The molecule has 2 heterocycles. The van der Waals surface area contributed by atoms with Gasteiger partial charge in [-0.05, 0) is 42.7 Å². The van der Waals surface area contributed by atoms with Crippen LogP contribution in [0.4, 0.5) is 19.0 Å². The Hall–Kier alpha value is -1.21. The minimum Gasteiger partial charge on any atom is -0.355 e. The molecule has 3 rings (SSSR count). The topological polar surface area (TPSA) is 42.2 Å². The van der Waals surface area contributed by atoms with Crippen LogP contribution in [-0.4, -0.2) is 24.2 Å². The molecule has 0 amide bonds. The number of halogens is 6. The Labute approximate surface area is 170 Å². The van der Waals surface area contributed by atoms with Gasteiger partial charge in [-0.3, -0.25) is 0 Å². The molecule has 0 radical (unpaired) electrons. The average Bonchev–Trinajstić information content (AvgIpc) is 3.06. The van der Waals surface area contributed by atoms with Crippen molar-refractivity contribution in [1.29, 1.82) is 0 Å². The molecule has 1 atom stereocenters. The molecular formula is C18H17Cl3F3N3. The molecule has 2 N–H and O–H groups in total. The molecule has 1 aliphatic rings. The first-order chi connectivity index (χ1) is 12.6. The molecule has 0 aliphatic carbocycles. The van der Waals surface area contributed by atoms with Gasteiger partial charge in [0, 0.05) is 25.3 Å². The minimum absolute atomic E-state index is 0.00232. The van der Waals surface area contributed by atoms with Gasteiger partial charge in [-0.2, -0.15) is 13.2 Å². The van der Waals surface area contributed by atoms with Crippen LogP contribution in [0.1, 0.15) is 23.2 Å². The van der Waals surface area contributed by atoms with E-state index in [2.05, 4.69) is 4.98 Å². The van der Waals surface area contributed by atoms with Crippen molar-refractivity contribution >= 4 is 40.6 Å². The van der Waals surface area contributed by atoms with Gasteiger partial charge in [0.2, 0.25) is 0 Å². The number of benzene rings is 1. The SMILES string of the molecule is Cc1nc(N2CCC(c3cc(Cl)c(Cl)c(Cl)c3)(C(F)(F)F)C2)ccc1CN. The monoisotopic (exact) mass is 437 g/mol. The van der Waals surface area contributed by atoms with Crippen molar-refractivity contribution in [3.8, 4) is 0 Å². The van der Waals surface area contributed by atoms with E-state index >= 15 is 0 Å². The summed E-state index contributed by atoms with van der Waals surface area (Å²) in [4.78, 5) is 6.04. The quantitative estimate of drug-likeness (QED) is 0.642. The average molecular weight is 439 g/mol. The lowest BCUT2D eigenvalue weighted by molar-refractivity contribution is -0.184. The van der Waals surface area contributed by atoms with E-state index in [1.54, 1.807) is 24.0 Å². The van der Waals surface area contributed by atoms with Crippen LogP contribution >= 0.6 is 34.8 Å². The van der Waals surface area contributed by atoms with Crippen LogP contribution in [-0.2, 0) is 12.0 Å². The Bertz CT molecular complexity index is 850. The maximum atomic E-state index is 14.2. The molecule has 3 nitrogen and oxygen atoms in total. The molecular weight excluding hydrogens is 422 g/mol. The van der Waals surface area contributed by atoms with E-state index in [0.29, 0.717) is 18.1 Å². The largest absolute Gasteiger partial charge is 0.400 e. The van der Waals surface area contributed by atoms with Crippen molar-refractivity contribution in [2.45, 2.75) is 31.5 Å². The molecule has 1 aromatic heterocycles. The Morgan fingerprint density at radius 2 is 1.81 bits per heavy atom. The van der Waals surface area contributed by atoms with Crippen molar-refractivity contribution in [1.82, 2.24) is 4.98 Å². The number of rotatable bonds is 3. The van der Waals surface area contributed by atoms with E-state index in [0.717, 1.165) is 5.56 Å². The van der Waals surface area contributed by atoms with Crippen molar-refractivity contribution in [2.75, 3.05) is 18.0 Å². The fraction of sp³-hybridized carbons (Fsp3) is 0.389. The fourth-order valence-corrected chi connectivity index (χ4v) is 4.03. The maximum Gasteiger partial charge on any atom is 0.400 e. The molecule has 1 unspecified atom stereocenters. The molecule has 2 aromatic rings. The normalized spacial score (nSPS) is 20.4. The van der Waals surface area contributed by atoms with Gasteiger partial charge in [-0.1, -0.05) is 40.9 Å². The fourth-order valence-electron chi connectivity index (χ4n) is 3.44. The second-order valence-electron chi connectivity index (χ2n) is 6.62. The van der Waals surface area contributed by atoms with Gasteiger partial charge in [0.15, 0.2) is 0 Å².